The molecule has 0 amide bonds. The first-order valence-electron chi connectivity index (χ1n) is 5.24. The van der Waals surface area contributed by atoms with Crippen LogP contribution in [0, 0.1) is 17.0 Å². The first-order valence-corrected chi connectivity index (χ1v) is 5.24. The number of ketones is 1. The standard InChI is InChI=1S/C12H16N2O3/c1-7-5-11(14(16)17)10(13)6-9(7)12(3,4)8(2)15/h5-6H,13H2,1-4H3. The lowest BCUT2D eigenvalue weighted by Gasteiger charge is -2.24. The van der Waals surface area contributed by atoms with Gasteiger partial charge in [0.2, 0.25) is 0 Å². The summed E-state index contributed by atoms with van der Waals surface area (Å²) < 4.78 is 0. The molecule has 0 radical (unpaired) electrons. The summed E-state index contributed by atoms with van der Waals surface area (Å²) in [5.74, 6) is -0.00569. The Labute approximate surface area is 99.8 Å². The van der Waals surface area contributed by atoms with Gasteiger partial charge in [-0.2, -0.15) is 0 Å². The van der Waals surface area contributed by atoms with Crippen molar-refractivity contribution < 1.29 is 9.72 Å². The van der Waals surface area contributed by atoms with Crippen molar-refractivity contribution in [3.8, 4) is 0 Å². The van der Waals surface area contributed by atoms with Crippen molar-refractivity contribution in [1.82, 2.24) is 0 Å². The maximum Gasteiger partial charge on any atom is 0.292 e. The van der Waals surface area contributed by atoms with Crippen molar-refractivity contribution in [2.45, 2.75) is 33.1 Å². The molecule has 0 saturated carbocycles. The minimum absolute atomic E-state index is 0.00569. The molecule has 0 aromatic heterocycles. The van der Waals surface area contributed by atoms with Gasteiger partial charge in [-0.05, 0) is 44.9 Å². The Morgan fingerprint density at radius 3 is 2.35 bits per heavy atom. The monoisotopic (exact) mass is 236 g/mol. The number of hydrogen-bond donors (Lipinski definition) is 1. The Morgan fingerprint density at radius 2 is 1.94 bits per heavy atom. The number of nitrogens with two attached hydrogens (primary N) is 1. The minimum Gasteiger partial charge on any atom is -0.393 e. The van der Waals surface area contributed by atoms with E-state index in [2.05, 4.69) is 0 Å². The zero-order valence-electron chi connectivity index (χ0n) is 10.4. The van der Waals surface area contributed by atoms with Gasteiger partial charge in [-0.1, -0.05) is 0 Å². The van der Waals surface area contributed by atoms with Crippen LogP contribution >= 0.6 is 0 Å². The van der Waals surface area contributed by atoms with Gasteiger partial charge < -0.3 is 5.73 Å². The molecule has 92 valence electrons. The second-order valence-corrected chi connectivity index (χ2v) is 4.66. The molecule has 1 aromatic rings. The smallest absolute Gasteiger partial charge is 0.292 e. The summed E-state index contributed by atoms with van der Waals surface area (Å²) in [6.45, 7) is 6.80. The Morgan fingerprint density at radius 1 is 1.41 bits per heavy atom. The van der Waals surface area contributed by atoms with E-state index in [1.54, 1.807) is 20.8 Å². The van der Waals surface area contributed by atoms with Crippen molar-refractivity contribution in [2.75, 3.05) is 5.73 Å². The van der Waals surface area contributed by atoms with Crippen LogP contribution in [0.3, 0.4) is 0 Å². The van der Waals surface area contributed by atoms with E-state index < -0.39 is 10.3 Å². The van der Waals surface area contributed by atoms with E-state index in [1.807, 2.05) is 0 Å². The molecular weight excluding hydrogens is 220 g/mol. The molecule has 0 heterocycles. The van der Waals surface area contributed by atoms with Crippen molar-refractivity contribution in [3.05, 3.63) is 33.4 Å². The molecule has 1 rings (SSSR count). The summed E-state index contributed by atoms with van der Waals surface area (Å²) in [5.41, 5.74) is 6.35. The number of benzene rings is 1. The molecule has 0 unspecified atom stereocenters. The molecule has 0 atom stereocenters. The second-order valence-electron chi connectivity index (χ2n) is 4.66. The number of aryl methyl sites for hydroxylation is 1. The van der Waals surface area contributed by atoms with Gasteiger partial charge in [0.1, 0.15) is 11.5 Å². The predicted molar refractivity (Wildman–Crippen MR) is 66.0 cm³/mol. The fourth-order valence-electron chi connectivity index (χ4n) is 1.73. The molecule has 0 aliphatic rings. The SMILES string of the molecule is CC(=O)C(C)(C)c1cc(N)c([N+](=O)[O-])cc1C. The van der Waals surface area contributed by atoms with Crippen LogP contribution < -0.4 is 5.73 Å². The summed E-state index contributed by atoms with van der Waals surface area (Å²) in [4.78, 5) is 21.8. The number of nitro benzene ring substituents is 1. The molecule has 0 bridgehead atoms. The maximum atomic E-state index is 11.6. The number of rotatable bonds is 3. The lowest BCUT2D eigenvalue weighted by molar-refractivity contribution is -0.384. The Hall–Kier alpha value is -1.91. The van der Waals surface area contributed by atoms with Gasteiger partial charge in [0.05, 0.1) is 4.92 Å². The number of carbonyl (C=O) groups excluding carboxylic acids is 1. The number of nitro groups is 1. The van der Waals surface area contributed by atoms with E-state index in [4.69, 9.17) is 5.73 Å². The molecule has 0 fully saturated rings. The average molecular weight is 236 g/mol. The number of nitrogen functional groups attached to an aromatic ring is 1. The third kappa shape index (κ3) is 2.27. The first-order chi connectivity index (χ1) is 7.67. The fraction of sp³-hybridized carbons (Fsp3) is 0.417. The third-order valence-electron chi connectivity index (χ3n) is 3.12. The normalized spacial score (nSPS) is 11.3. The molecular formula is C12H16N2O3. The quantitative estimate of drug-likeness (QED) is 0.495. The predicted octanol–water partition coefficient (Wildman–Crippen LogP) is 2.35. The summed E-state index contributed by atoms with van der Waals surface area (Å²) in [5, 5.41) is 10.7. The summed E-state index contributed by atoms with van der Waals surface area (Å²) in [7, 11) is 0. The summed E-state index contributed by atoms with van der Waals surface area (Å²) in [6, 6.07) is 2.93. The van der Waals surface area contributed by atoms with Gasteiger partial charge in [0, 0.05) is 11.5 Å². The average Bonchev–Trinajstić information content (AvgIpc) is 2.20. The first kappa shape index (κ1) is 13.2. The van der Waals surface area contributed by atoms with Crippen LogP contribution in [0.1, 0.15) is 31.9 Å². The van der Waals surface area contributed by atoms with Gasteiger partial charge in [0.15, 0.2) is 0 Å². The molecule has 0 saturated heterocycles. The molecule has 1 aromatic carbocycles. The number of anilines is 1. The van der Waals surface area contributed by atoms with Crippen molar-refractivity contribution in [2.24, 2.45) is 0 Å². The van der Waals surface area contributed by atoms with Crippen LogP contribution in [0.25, 0.3) is 0 Å². The van der Waals surface area contributed by atoms with Crippen LogP contribution in [-0.2, 0) is 10.2 Å². The van der Waals surface area contributed by atoms with Crippen molar-refractivity contribution in [1.29, 1.82) is 0 Å². The number of hydrogen-bond acceptors (Lipinski definition) is 4. The van der Waals surface area contributed by atoms with E-state index in [-0.39, 0.29) is 17.2 Å². The van der Waals surface area contributed by atoms with E-state index in [0.29, 0.717) is 5.56 Å². The van der Waals surface area contributed by atoms with E-state index in [1.165, 1.54) is 19.1 Å². The molecule has 0 aliphatic carbocycles. The maximum absolute atomic E-state index is 11.6. The molecule has 0 spiro atoms. The highest BCUT2D eigenvalue weighted by molar-refractivity contribution is 5.88. The van der Waals surface area contributed by atoms with E-state index in [9.17, 15) is 14.9 Å². The van der Waals surface area contributed by atoms with Crippen LogP contribution in [0.4, 0.5) is 11.4 Å². The number of nitrogens with zero attached hydrogens (tertiary/aromatic N) is 1. The molecule has 5 heteroatoms. The highest BCUT2D eigenvalue weighted by Crippen LogP contribution is 2.33. The fourth-order valence-corrected chi connectivity index (χ4v) is 1.73. The topological polar surface area (TPSA) is 86.2 Å². The number of Topliss-reactive ketones (excluding diaryl/α,β-unsaturated/α-hetero) is 1. The van der Waals surface area contributed by atoms with Gasteiger partial charge in [-0.15, -0.1) is 0 Å². The number of carbonyl (C=O) groups is 1. The molecule has 0 aliphatic heterocycles. The van der Waals surface area contributed by atoms with Crippen molar-refractivity contribution in [3.63, 3.8) is 0 Å². The van der Waals surface area contributed by atoms with Gasteiger partial charge in [-0.3, -0.25) is 14.9 Å². The Kier molecular flexibility index (Phi) is 3.22. The molecule has 2 N–H and O–H groups in total. The Balaban J connectivity index is 3.45. The largest absolute Gasteiger partial charge is 0.393 e. The molecule has 5 nitrogen and oxygen atoms in total. The van der Waals surface area contributed by atoms with Gasteiger partial charge in [-0.25, -0.2) is 0 Å². The zero-order chi connectivity index (χ0) is 13.4. The van der Waals surface area contributed by atoms with Gasteiger partial charge >= 0.3 is 0 Å². The van der Waals surface area contributed by atoms with Crippen LogP contribution in [0.2, 0.25) is 0 Å². The lowest BCUT2D eigenvalue weighted by atomic mass is 9.78. The Bertz CT molecular complexity index is 493. The van der Waals surface area contributed by atoms with E-state index >= 15 is 0 Å². The summed E-state index contributed by atoms with van der Waals surface area (Å²) in [6.07, 6.45) is 0. The van der Waals surface area contributed by atoms with Crippen LogP contribution in [0.5, 0.6) is 0 Å². The van der Waals surface area contributed by atoms with E-state index in [0.717, 1.165) is 5.56 Å². The highest BCUT2D eigenvalue weighted by atomic mass is 16.6. The molecule has 17 heavy (non-hydrogen) atoms. The third-order valence-corrected chi connectivity index (χ3v) is 3.12. The van der Waals surface area contributed by atoms with Gasteiger partial charge in [0.25, 0.3) is 5.69 Å². The van der Waals surface area contributed by atoms with Crippen LogP contribution in [0.15, 0.2) is 12.1 Å². The highest BCUT2D eigenvalue weighted by Gasteiger charge is 2.29. The summed E-state index contributed by atoms with van der Waals surface area (Å²) >= 11 is 0. The van der Waals surface area contributed by atoms with Crippen LogP contribution in [-0.4, -0.2) is 10.7 Å². The minimum atomic E-state index is -0.687. The second kappa shape index (κ2) is 4.16. The van der Waals surface area contributed by atoms with Crippen molar-refractivity contribution >= 4 is 17.2 Å². The zero-order valence-corrected chi connectivity index (χ0v) is 10.4. The lowest BCUT2D eigenvalue weighted by Crippen LogP contribution is -2.27.